The van der Waals surface area contributed by atoms with Gasteiger partial charge in [-0.1, -0.05) is 26.7 Å². The summed E-state index contributed by atoms with van der Waals surface area (Å²) in [7, 11) is 0. The molecule has 2 aromatic rings. The normalized spacial score (nSPS) is 13.3. The van der Waals surface area contributed by atoms with Gasteiger partial charge in [-0.25, -0.2) is 4.39 Å². The molecule has 0 radical (unpaired) electrons. The van der Waals surface area contributed by atoms with Crippen molar-refractivity contribution >= 4 is 45.8 Å². The highest BCUT2D eigenvalue weighted by Gasteiger charge is 2.13. The van der Waals surface area contributed by atoms with Crippen molar-refractivity contribution in [1.82, 2.24) is 9.55 Å². The van der Waals surface area contributed by atoms with Gasteiger partial charge in [-0.15, -0.1) is 0 Å². The summed E-state index contributed by atoms with van der Waals surface area (Å²) in [6.07, 6.45) is 3.44. The number of nitrogens with one attached hydrogen (secondary N) is 1. The maximum absolute atomic E-state index is 13.8. The molecule has 1 aromatic heterocycles. The molecule has 0 fully saturated rings. The largest absolute Gasteiger partial charge is 0.331 e. The molecule has 2 nitrogen and oxygen atoms in total. The maximum atomic E-state index is 13.8. The highest BCUT2D eigenvalue weighted by molar-refractivity contribution is 14.1. The SMILES string of the molecule is CC(C)CCCC(C)n1c(=S)[nH]c2cc(I)c(F)cc21. The van der Waals surface area contributed by atoms with Gasteiger partial charge < -0.3 is 9.55 Å². The number of aromatic amines is 1. The molecule has 0 saturated heterocycles. The van der Waals surface area contributed by atoms with Crippen LogP contribution < -0.4 is 0 Å². The molecule has 0 saturated carbocycles. The van der Waals surface area contributed by atoms with Crippen molar-refractivity contribution in [2.24, 2.45) is 5.92 Å². The van der Waals surface area contributed by atoms with Gasteiger partial charge in [-0.05, 0) is 60.1 Å². The smallest absolute Gasteiger partial charge is 0.178 e. The fraction of sp³-hybridized carbons (Fsp3) is 0.533. The van der Waals surface area contributed by atoms with Crippen LogP contribution in [-0.2, 0) is 0 Å². The maximum Gasteiger partial charge on any atom is 0.178 e. The minimum atomic E-state index is -0.185. The van der Waals surface area contributed by atoms with Gasteiger partial charge in [0, 0.05) is 12.1 Å². The summed E-state index contributed by atoms with van der Waals surface area (Å²) < 4.78 is 17.1. The van der Waals surface area contributed by atoms with E-state index in [-0.39, 0.29) is 11.9 Å². The van der Waals surface area contributed by atoms with Gasteiger partial charge in [-0.2, -0.15) is 0 Å². The molecule has 0 amide bonds. The molecular formula is C15H20FIN2S. The zero-order chi connectivity index (χ0) is 14.9. The molecule has 0 aliphatic carbocycles. The number of benzene rings is 1. The first-order chi connectivity index (χ1) is 9.40. The van der Waals surface area contributed by atoms with Crippen molar-refractivity contribution in [2.75, 3.05) is 0 Å². The predicted octanol–water partition coefficient (Wildman–Crippen LogP) is 5.83. The van der Waals surface area contributed by atoms with E-state index in [2.05, 4.69) is 25.8 Å². The molecule has 1 atom stereocenters. The van der Waals surface area contributed by atoms with Crippen molar-refractivity contribution in [1.29, 1.82) is 0 Å². The second-order valence-electron chi connectivity index (χ2n) is 5.76. The lowest BCUT2D eigenvalue weighted by Gasteiger charge is -2.15. The number of imidazole rings is 1. The Bertz CT molecular complexity index is 660. The van der Waals surface area contributed by atoms with Gasteiger partial charge in [0.05, 0.1) is 14.6 Å². The van der Waals surface area contributed by atoms with Gasteiger partial charge in [0.25, 0.3) is 0 Å². The second kappa shape index (κ2) is 6.56. The third kappa shape index (κ3) is 3.42. The lowest BCUT2D eigenvalue weighted by atomic mass is 10.0. The number of hydrogen-bond acceptors (Lipinski definition) is 1. The Morgan fingerprint density at radius 2 is 2.00 bits per heavy atom. The first-order valence-corrected chi connectivity index (χ1v) is 8.48. The molecule has 0 bridgehead atoms. The Labute approximate surface area is 137 Å². The first-order valence-electron chi connectivity index (χ1n) is 6.99. The van der Waals surface area contributed by atoms with E-state index in [1.165, 1.54) is 12.8 Å². The Morgan fingerprint density at radius 1 is 1.30 bits per heavy atom. The summed E-state index contributed by atoms with van der Waals surface area (Å²) in [6.45, 7) is 6.62. The zero-order valence-electron chi connectivity index (χ0n) is 12.0. The van der Waals surface area contributed by atoms with Crippen molar-refractivity contribution < 1.29 is 4.39 Å². The molecule has 2 rings (SSSR count). The zero-order valence-corrected chi connectivity index (χ0v) is 15.0. The highest BCUT2D eigenvalue weighted by Crippen LogP contribution is 2.26. The standard InChI is InChI=1S/C15H20FIN2S/c1-9(2)5-4-6-10(3)19-14-7-11(16)12(17)8-13(14)18-15(19)20/h7-10H,4-6H2,1-3H3,(H,18,20). The Hall–Kier alpha value is -0.430. The van der Waals surface area contributed by atoms with E-state index in [1.807, 2.05) is 33.2 Å². The van der Waals surface area contributed by atoms with Gasteiger partial charge in [0.1, 0.15) is 5.82 Å². The van der Waals surface area contributed by atoms with Gasteiger partial charge in [0.15, 0.2) is 4.77 Å². The van der Waals surface area contributed by atoms with E-state index in [1.54, 1.807) is 6.07 Å². The molecular weight excluding hydrogens is 386 g/mol. The lowest BCUT2D eigenvalue weighted by molar-refractivity contribution is 0.451. The average Bonchev–Trinajstić information content (AvgIpc) is 2.64. The average molecular weight is 406 g/mol. The fourth-order valence-corrected chi connectivity index (χ4v) is 3.36. The third-order valence-corrected chi connectivity index (χ3v) is 4.73. The van der Waals surface area contributed by atoms with Crippen LogP contribution in [0.15, 0.2) is 12.1 Å². The van der Waals surface area contributed by atoms with Crippen LogP contribution in [0.1, 0.15) is 46.1 Å². The topological polar surface area (TPSA) is 20.7 Å². The molecule has 1 unspecified atom stereocenters. The van der Waals surface area contributed by atoms with Crippen molar-refractivity contribution in [3.63, 3.8) is 0 Å². The third-order valence-electron chi connectivity index (χ3n) is 3.60. The lowest BCUT2D eigenvalue weighted by Crippen LogP contribution is -2.06. The van der Waals surface area contributed by atoms with E-state index < -0.39 is 0 Å². The molecule has 1 N–H and O–H groups in total. The summed E-state index contributed by atoms with van der Waals surface area (Å²) in [5.74, 6) is 0.535. The quantitative estimate of drug-likeness (QED) is 0.490. The molecule has 110 valence electrons. The van der Waals surface area contributed by atoms with Crippen LogP contribution in [0.3, 0.4) is 0 Å². The molecule has 20 heavy (non-hydrogen) atoms. The van der Waals surface area contributed by atoms with E-state index in [0.717, 1.165) is 23.4 Å². The molecule has 1 aromatic carbocycles. The molecule has 0 spiro atoms. The summed E-state index contributed by atoms with van der Waals surface area (Å²) in [5.41, 5.74) is 1.78. The minimum absolute atomic E-state index is 0.185. The van der Waals surface area contributed by atoms with E-state index in [4.69, 9.17) is 12.2 Å². The number of nitrogens with zero attached hydrogens (tertiary/aromatic N) is 1. The van der Waals surface area contributed by atoms with Crippen LogP contribution >= 0.6 is 34.8 Å². The van der Waals surface area contributed by atoms with Crippen molar-refractivity contribution in [3.8, 4) is 0 Å². The Morgan fingerprint density at radius 3 is 2.65 bits per heavy atom. The number of hydrogen-bond donors (Lipinski definition) is 1. The highest BCUT2D eigenvalue weighted by atomic mass is 127. The number of halogens is 2. The van der Waals surface area contributed by atoms with Crippen LogP contribution in [-0.4, -0.2) is 9.55 Å². The van der Waals surface area contributed by atoms with Crippen LogP contribution in [0.25, 0.3) is 11.0 Å². The Kier molecular flexibility index (Phi) is 5.23. The van der Waals surface area contributed by atoms with Crippen LogP contribution in [0.4, 0.5) is 4.39 Å². The van der Waals surface area contributed by atoms with Crippen molar-refractivity contribution in [2.45, 2.75) is 46.1 Å². The monoisotopic (exact) mass is 406 g/mol. The predicted molar refractivity (Wildman–Crippen MR) is 93.2 cm³/mol. The van der Waals surface area contributed by atoms with Crippen LogP contribution in [0.2, 0.25) is 0 Å². The molecule has 5 heteroatoms. The Balaban J connectivity index is 2.31. The molecule has 0 aliphatic rings. The van der Waals surface area contributed by atoms with Gasteiger partial charge in [-0.3, -0.25) is 0 Å². The van der Waals surface area contributed by atoms with E-state index in [9.17, 15) is 4.39 Å². The fourth-order valence-electron chi connectivity index (χ4n) is 2.51. The van der Waals surface area contributed by atoms with E-state index >= 15 is 0 Å². The molecule has 0 aliphatic heterocycles. The first kappa shape index (κ1) is 15.9. The second-order valence-corrected chi connectivity index (χ2v) is 7.31. The van der Waals surface area contributed by atoms with Gasteiger partial charge >= 0.3 is 0 Å². The van der Waals surface area contributed by atoms with Crippen LogP contribution in [0, 0.1) is 20.1 Å². The number of fused-ring (bicyclic) bond motifs is 1. The van der Waals surface area contributed by atoms with Crippen molar-refractivity contribution in [3.05, 3.63) is 26.3 Å². The number of H-pyrrole nitrogens is 1. The summed E-state index contributed by atoms with van der Waals surface area (Å²) in [6, 6.07) is 3.69. The van der Waals surface area contributed by atoms with E-state index in [0.29, 0.717) is 8.34 Å². The minimum Gasteiger partial charge on any atom is -0.331 e. The van der Waals surface area contributed by atoms with Crippen LogP contribution in [0.5, 0.6) is 0 Å². The van der Waals surface area contributed by atoms with Gasteiger partial charge in [0.2, 0.25) is 0 Å². The number of rotatable bonds is 5. The summed E-state index contributed by atoms with van der Waals surface area (Å²) in [4.78, 5) is 3.18. The summed E-state index contributed by atoms with van der Waals surface area (Å²) in [5, 5.41) is 0. The number of aromatic nitrogens is 2. The summed E-state index contributed by atoms with van der Waals surface area (Å²) >= 11 is 7.40. The molecule has 1 heterocycles.